The van der Waals surface area contributed by atoms with E-state index in [-0.39, 0.29) is 5.69 Å². The number of rotatable bonds is 2. The SMILES string of the molecule is [2H][C@@H](Cl)c1ccc([N+](=O)[O-])cc1. The summed E-state index contributed by atoms with van der Waals surface area (Å²) in [6, 6.07) is 5.62. The molecule has 0 aliphatic heterocycles. The molecule has 0 heterocycles. The number of non-ortho nitro benzene ring substituents is 1. The predicted octanol–water partition coefficient (Wildman–Crippen LogP) is 2.33. The Balaban J connectivity index is 2.93. The maximum atomic E-state index is 10.2. The molecule has 0 saturated heterocycles. The molecule has 0 fully saturated rings. The lowest BCUT2D eigenvalue weighted by molar-refractivity contribution is -0.384. The van der Waals surface area contributed by atoms with E-state index < -0.39 is 10.8 Å². The van der Waals surface area contributed by atoms with Crippen molar-refractivity contribution < 1.29 is 6.29 Å². The molecule has 1 rings (SSSR count). The number of nitro benzene ring substituents is 1. The van der Waals surface area contributed by atoms with Gasteiger partial charge in [-0.05, 0) is 5.56 Å². The van der Waals surface area contributed by atoms with Gasteiger partial charge in [-0.15, -0.1) is 11.6 Å². The second kappa shape index (κ2) is 3.34. The Bertz CT molecular complexity index is 286. The fraction of sp³-hybridized carbons (Fsp3) is 0.143. The predicted molar refractivity (Wildman–Crippen MR) is 42.7 cm³/mol. The standard InChI is InChI=1S/C7H6ClNO2/c8-5-6-1-3-7(4-2-6)9(10)11/h1-4H,5H2/i5D/t5-/m1/s1. The topological polar surface area (TPSA) is 43.1 Å². The molecule has 0 spiro atoms. The fourth-order valence-corrected chi connectivity index (χ4v) is 0.814. The lowest BCUT2D eigenvalue weighted by atomic mass is 10.2. The Morgan fingerprint density at radius 2 is 2.09 bits per heavy atom. The minimum absolute atomic E-state index is 0.0102. The molecule has 0 aliphatic carbocycles. The molecule has 0 radical (unpaired) electrons. The summed E-state index contributed by atoms with van der Waals surface area (Å²) in [4.78, 5) is 9.72. The van der Waals surface area contributed by atoms with Crippen molar-refractivity contribution in [3.63, 3.8) is 0 Å². The first-order valence-electron chi connectivity index (χ1n) is 3.49. The molecule has 0 N–H and O–H groups in total. The maximum Gasteiger partial charge on any atom is 0.269 e. The molecule has 4 heteroatoms. The first kappa shape index (κ1) is 6.61. The highest BCUT2D eigenvalue weighted by atomic mass is 35.5. The van der Waals surface area contributed by atoms with Gasteiger partial charge >= 0.3 is 0 Å². The third kappa shape index (κ3) is 1.91. The molecule has 0 saturated carbocycles. The smallest absolute Gasteiger partial charge is 0.258 e. The average Bonchev–Trinajstić information content (AvgIpc) is 2.04. The number of hydrogen-bond acceptors (Lipinski definition) is 2. The van der Waals surface area contributed by atoms with E-state index in [9.17, 15) is 10.1 Å². The zero-order chi connectivity index (χ0) is 9.14. The van der Waals surface area contributed by atoms with E-state index in [1.807, 2.05) is 0 Å². The summed E-state index contributed by atoms with van der Waals surface area (Å²) in [5, 5.41) is 10.2. The summed E-state index contributed by atoms with van der Waals surface area (Å²) in [5.74, 6) is -0.856. The Kier molecular flexibility index (Phi) is 2.01. The van der Waals surface area contributed by atoms with E-state index in [4.69, 9.17) is 13.0 Å². The molecular weight excluding hydrogens is 166 g/mol. The first-order chi connectivity index (χ1) is 5.61. The van der Waals surface area contributed by atoms with Crippen LogP contribution in [0.15, 0.2) is 24.3 Å². The van der Waals surface area contributed by atoms with Gasteiger partial charge in [-0.2, -0.15) is 0 Å². The van der Waals surface area contributed by atoms with Crippen LogP contribution in [-0.4, -0.2) is 4.92 Å². The highest BCUT2D eigenvalue weighted by Crippen LogP contribution is 2.12. The van der Waals surface area contributed by atoms with Crippen LogP contribution >= 0.6 is 11.6 Å². The van der Waals surface area contributed by atoms with Crippen LogP contribution < -0.4 is 0 Å². The molecule has 3 nitrogen and oxygen atoms in total. The number of benzene rings is 1. The minimum Gasteiger partial charge on any atom is -0.258 e. The summed E-state index contributed by atoms with van der Waals surface area (Å²) < 4.78 is 7.09. The van der Waals surface area contributed by atoms with Crippen LogP contribution in [0.5, 0.6) is 0 Å². The quantitative estimate of drug-likeness (QED) is 0.390. The van der Waals surface area contributed by atoms with E-state index >= 15 is 0 Å². The second-order valence-electron chi connectivity index (χ2n) is 1.96. The molecular formula is C7H6ClNO2. The summed E-state index contributed by atoms with van der Waals surface area (Å²) in [5.41, 5.74) is 0.568. The highest BCUT2D eigenvalue weighted by Gasteiger charge is 2.02. The van der Waals surface area contributed by atoms with Crippen molar-refractivity contribution in [3.05, 3.63) is 39.9 Å². The lowest BCUT2D eigenvalue weighted by Crippen LogP contribution is -1.87. The van der Waals surface area contributed by atoms with Crippen molar-refractivity contribution >= 4 is 17.3 Å². The summed E-state index contributed by atoms with van der Waals surface area (Å²) in [7, 11) is 0. The van der Waals surface area contributed by atoms with E-state index in [1.165, 1.54) is 24.3 Å². The number of nitrogens with zero attached hydrogens (tertiary/aromatic N) is 1. The van der Waals surface area contributed by atoms with Crippen LogP contribution in [-0.2, 0) is 5.86 Å². The van der Waals surface area contributed by atoms with Crippen molar-refractivity contribution in [1.29, 1.82) is 0 Å². The normalized spacial score (nSPS) is 13.7. The fourth-order valence-electron chi connectivity index (χ4n) is 0.669. The number of nitro groups is 1. The molecule has 0 aromatic heterocycles. The van der Waals surface area contributed by atoms with Gasteiger partial charge in [0.25, 0.3) is 5.69 Å². The molecule has 1 aromatic rings. The largest absolute Gasteiger partial charge is 0.269 e. The van der Waals surface area contributed by atoms with Gasteiger partial charge in [-0.25, -0.2) is 0 Å². The zero-order valence-corrected chi connectivity index (χ0v) is 6.28. The molecule has 1 aromatic carbocycles. The van der Waals surface area contributed by atoms with Crippen molar-refractivity contribution in [2.75, 3.05) is 0 Å². The Morgan fingerprint density at radius 1 is 1.55 bits per heavy atom. The van der Waals surface area contributed by atoms with Gasteiger partial charge in [-0.1, -0.05) is 12.1 Å². The summed E-state index contributed by atoms with van der Waals surface area (Å²) in [6.07, 6.45) is 0. The maximum absolute atomic E-state index is 10.2. The zero-order valence-electron chi connectivity index (χ0n) is 6.53. The van der Waals surface area contributed by atoms with E-state index in [2.05, 4.69) is 0 Å². The summed E-state index contributed by atoms with van der Waals surface area (Å²) in [6.45, 7) is 0. The molecule has 11 heavy (non-hydrogen) atoms. The average molecular weight is 173 g/mol. The molecule has 0 amide bonds. The summed E-state index contributed by atoms with van der Waals surface area (Å²) >= 11 is 5.43. The van der Waals surface area contributed by atoms with E-state index in [0.29, 0.717) is 5.56 Å². The number of alkyl halides is 1. The third-order valence-corrected chi connectivity index (χ3v) is 1.48. The minimum atomic E-state index is -0.856. The number of hydrogen-bond donors (Lipinski definition) is 0. The van der Waals surface area contributed by atoms with Crippen LogP contribution in [0.4, 0.5) is 5.69 Å². The van der Waals surface area contributed by atoms with Crippen molar-refractivity contribution in [2.45, 2.75) is 5.86 Å². The van der Waals surface area contributed by atoms with Crippen LogP contribution in [0.2, 0.25) is 0 Å². The Morgan fingerprint density at radius 3 is 2.45 bits per heavy atom. The Hall–Kier alpha value is -1.09. The van der Waals surface area contributed by atoms with E-state index in [0.717, 1.165) is 0 Å². The highest BCUT2D eigenvalue weighted by molar-refractivity contribution is 6.17. The van der Waals surface area contributed by atoms with Crippen molar-refractivity contribution in [2.24, 2.45) is 0 Å². The Labute approximate surface area is 70.2 Å². The lowest BCUT2D eigenvalue weighted by Gasteiger charge is -1.92. The monoisotopic (exact) mass is 172 g/mol. The molecule has 58 valence electrons. The van der Waals surface area contributed by atoms with Gasteiger partial charge in [-0.3, -0.25) is 10.1 Å². The first-order valence-corrected chi connectivity index (χ1v) is 3.35. The molecule has 0 unspecified atom stereocenters. The molecule has 0 bridgehead atoms. The van der Waals surface area contributed by atoms with Gasteiger partial charge in [0.1, 0.15) is 0 Å². The number of halogens is 1. The van der Waals surface area contributed by atoms with Crippen molar-refractivity contribution in [1.82, 2.24) is 0 Å². The van der Waals surface area contributed by atoms with Gasteiger partial charge in [0.15, 0.2) is 0 Å². The second-order valence-corrected chi connectivity index (χ2v) is 2.18. The van der Waals surface area contributed by atoms with E-state index in [1.54, 1.807) is 0 Å². The third-order valence-electron chi connectivity index (χ3n) is 1.23. The van der Waals surface area contributed by atoms with Gasteiger partial charge < -0.3 is 0 Å². The van der Waals surface area contributed by atoms with Crippen LogP contribution in [0.25, 0.3) is 0 Å². The van der Waals surface area contributed by atoms with Gasteiger partial charge in [0.05, 0.1) is 4.92 Å². The van der Waals surface area contributed by atoms with Crippen LogP contribution in [0.1, 0.15) is 6.93 Å². The molecule has 1 atom stereocenters. The van der Waals surface area contributed by atoms with Crippen molar-refractivity contribution in [3.8, 4) is 0 Å². The van der Waals surface area contributed by atoms with Crippen LogP contribution in [0, 0.1) is 10.1 Å². The molecule has 0 aliphatic rings. The van der Waals surface area contributed by atoms with Crippen LogP contribution in [0.3, 0.4) is 0 Å². The van der Waals surface area contributed by atoms with Gasteiger partial charge in [0.2, 0.25) is 0 Å². The van der Waals surface area contributed by atoms with Gasteiger partial charge in [0, 0.05) is 19.4 Å².